The van der Waals surface area contributed by atoms with Crippen LogP contribution in [0, 0.1) is 6.92 Å². The summed E-state index contributed by atoms with van der Waals surface area (Å²) in [6, 6.07) is 9.59. The summed E-state index contributed by atoms with van der Waals surface area (Å²) in [7, 11) is 0. The molecule has 1 aromatic carbocycles. The van der Waals surface area contributed by atoms with Gasteiger partial charge in [0.25, 0.3) is 0 Å². The van der Waals surface area contributed by atoms with Crippen LogP contribution in [0.15, 0.2) is 34.9 Å². The summed E-state index contributed by atoms with van der Waals surface area (Å²) in [5, 5.41) is 0. The van der Waals surface area contributed by atoms with Crippen molar-refractivity contribution in [3.05, 3.63) is 46.5 Å². The molecule has 0 aliphatic rings. The average Bonchev–Trinajstić information content (AvgIpc) is 2.67. The number of hydrogen-bond donors (Lipinski definition) is 0. The number of carbonyl (C=O) groups excluding carboxylic acids is 1. The Labute approximate surface area is 114 Å². The number of para-hydroxylation sites is 1. The number of esters is 1. The summed E-state index contributed by atoms with van der Waals surface area (Å²) in [5.41, 5.74) is 1.75. The number of hydrogen-bond acceptors (Lipinski definition) is 3. The Morgan fingerprint density at radius 3 is 2.67 bits per heavy atom. The van der Waals surface area contributed by atoms with Gasteiger partial charge in [0.05, 0.1) is 12.3 Å². The Balaban J connectivity index is 2.55. The van der Waals surface area contributed by atoms with Gasteiger partial charge < -0.3 is 4.74 Å². The lowest BCUT2D eigenvalue weighted by Crippen LogP contribution is -2.13. The monoisotopic (exact) mass is 308 g/mol. The fraction of sp³-hybridized carbons (Fsp3) is 0.231. The first-order valence-corrected chi connectivity index (χ1v) is 6.41. The molecule has 0 atom stereocenters. The van der Waals surface area contributed by atoms with E-state index in [0.29, 0.717) is 11.2 Å². The average molecular weight is 309 g/mol. The molecule has 1 aromatic heterocycles. The highest BCUT2D eigenvalue weighted by molar-refractivity contribution is 9.10. The molecule has 2 rings (SSSR count). The second-order valence-corrected chi connectivity index (χ2v) is 4.45. The van der Waals surface area contributed by atoms with Crippen molar-refractivity contribution in [2.45, 2.75) is 13.8 Å². The number of carbonyl (C=O) groups is 1. The maximum atomic E-state index is 11.9. The van der Waals surface area contributed by atoms with Crippen molar-refractivity contribution in [3.63, 3.8) is 0 Å². The van der Waals surface area contributed by atoms with E-state index < -0.39 is 5.97 Å². The van der Waals surface area contributed by atoms with Crippen LogP contribution in [0.25, 0.3) is 5.69 Å². The van der Waals surface area contributed by atoms with E-state index in [1.165, 1.54) is 0 Å². The maximum absolute atomic E-state index is 11.9. The number of benzene rings is 1. The van der Waals surface area contributed by atoms with Crippen molar-refractivity contribution >= 4 is 21.9 Å². The van der Waals surface area contributed by atoms with Crippen LogP contribution in [0.4, 0.5) is 0 Å². The molecule has 18 heavy (non-hydrogen) atoms. The van der Waals surface area contributed by atoms with Crippen molar-refractivity contribution in [2.24, 2.45) is 0 Å². The van der Waals surface area contributed by atoms with Gasteiger partial charge in [-0.1, -0.05) is 18.2 Å². The molecular formula is C13H13BrN2O2. The van der Waals surface area contributed by atoms with E-state index in [9.17, 15) is 4.79 Å². The van der Waals surface area contributed by atoms with Gasteiger partial charge in [0, 0.05) is 5.69 Å². The summed E-state index contributed by atoms with van der Waals surface area (Å²) in [6.07, 6.45) is 0. The molecule has 5 heteroatoms. The number of halogens is 1. The molecule has 4 nitrogen and oxygen atoms in total. The summed E-state index contributed by atoms with van der Waals surface area (Å²) >= 11 is 3.34. The Bertz CT molecular complexity index is 564. The molecule has 0 spiro atoms. The fourth-order valence-corrected chi connectivity index (χ4v) is 2.05. The van der Waals surface area contributed by atoms with E-state index in [0.717, 1.165) is 11.4 Å². The molecule has 0 fully saturated rings. The van der Waals surface area contributed by atoms with E-state index in [4.69, 9.17) is 4.74 Å². The minimum absolute atomic E-state index is 0.285. The summed E-state index contributed by atoms with van der Waals surface area (Å²) in [5.74, 6) is -0.137. The van der Waals surface area contributed by atoms with Gasteiger partial charge in [-0.05, 0) is 41.9 Å². The lowest BCUT2D eigenvalue weighted by molar-refractivity contribution is 0.0509. The normalized spacial score (nSPS) is 10.4. The molecule has 0 N–H and O–H groups in total. The number of imidazole rings is 1. The Morgan fingerprint density at radius 2 is 2.06 bits per heavy atom. The van der Waals surface area contributed by atoms with Crippen LogP contribution >= 0.6 is 15.9 Å². The number of ether oxygens (including phenoxy) is 1. The highest BCUT2D eigenvalue weighted by Crippen LogP contribution is 2.22. The van der Waals surface area contributed by atoms with E-state index in [1.807, 2.05) is 37.3 Å². The molecule has 0 radical (unpaired) electrons. The van der Waals surface area contributed by atoms with Crippen molar-refractivity contribution in [2.75, 3.05) is 6.61 Å². The van der Waals surface area contributed by atoms with Crippen molar-refractivity contribution in [3.8, 4) is 5.69 Å². The summed E-state index contributed by atoms with van der Waals surface area (Å²) in [6.45, 7) is 4.00. The molecule has 0 amide bonds. The predicted molar refractivity (Wildman–Crippen MR) is 72.0 cm³/mol. The van der Waals surface area contributed by atoms with Gasteiger partial charge in [0.15, 0.2) is 0 Å². The van der Waals surface area contributed by atoms with Crippen LogP contribution in [0.2, 0.25) is 0 Å². The minimum Gasteiger partial charge on any atom is -0.460 e. The van der Waals surface area contributed by atoms with Gasteiger partial charge in [0.2, 0.25) is 5.82 Å². The first kappa shape index (κ1) is 12.8. The lowest BCUT2D eigenvalue weighted by atomic mass is 10.3. The highest BCUT2D eigenvalue weighted by Gasteiger charge is 2.20. The van der Waals surface area contributed by atoms with Crippen LogP contribution in [0.3, 0.4) is 0 Å². The van der Waals surface area contributed by atoms with Crippen molar-refractivity contribution in [1.82, 2.24) is 9.55 Å². The third kappa shape index (κ3) is 2.31. The highest BCUT2D eigenvalue weighted by atomic mass is 79.9. The van der Waals surface area contributed by atoms with Gasteiger partial charge in [-0.2, -0.15) is 0 Å². The topological polar surface area (TPSA) is 44.1 Å². The predicted octanol–water partition coefficient (Wildman–Crippen LogP) is 3.12. The van der Waals surface area contributed by atoms with E-state index in [-0.39, 0.29) is 5.82 Å². The van der Waals surface area contributed by atoms with E-state index >= 15 is 0 Å². The van der Waals surface area contributed by atoms with Crippen LogP contribution in [-0.2, 0) is 4.74 Å². The first-order chi connectivity index (χ1) is 8.65. The number of aromatic nitrogens is 2. The third-order valence-electron chi connectivity index (χ3n) is 2.52. The van der Waals surface area contributed by atoms with E-state index in [2.05, 4.69) is 20.9 Å². The molecule has 2 aromatic rings. The molecule has 0 aliphatic carbocycles. The quantitative estimate of drug-likeness (QED) is 0.818. The fourth-order valence-electron chi connectivity index (χ4n) is 1.70. The molecule has 94 valence electrons. The van der Waals surface area contributed by atoms with Gasteiger partial charge in [0.1, 0.15) is 4.60 Å². The van der Waals surface area contributed by atoms with Crippen LogP contribution in [0.1, 0.15) is 23.2 Å². The molecule has 0 saturated carbocycles. The van der Waals surface area contributed by atoms with Gasteiger partial charge in [-0.3, -0.25) is 4.57 Å². The standard InChI is InChI=1S/C13H13BrN2O2/c1-3-18-13(17)12-15-11(14)9(2)16(12)10-7-5-4-6-8-10/h4-8H,3H2,1-2H3. The summed E-state index contributed by atoms with van der Waals surface area (Å²) in [4.78, 5) is 16.1. The zero-order valence-electron chi connectivity index (χ0n) is 10.2. The second kappa shape index (κ2) is 5.35. The van der Waals surface area contributed by atoms with Crippen LogP contribution in [0.5, 0.6) is 0 Å². The minimum atomic E-state index is -0.421. The maximum Gasteiger partial charge on any atom is 0.374 e. The molecule has 0 saturated heterocycles. The summed E-state index contributed by atoms with van der Waals surface area (Å²) < 4.78 is 7.44. The number of nitrogens with zero attached hydrogens (tertiary/aromatic N) is 2. The van der Waals surface area contributed by atoms with Crippen LogP contribution < -0.4 is 0 Å². The SMILES string of the molecule is CCOC(=O)c1nc(Br)c(C)n1-c1ccccc1. The van der Waals surface area contributed by atoms with Gasteiger partial charge in [-0.15, -0.1) is 0 Å². The van der Waals surface area contributed by atoms with E-state index in [1.54, 1.807) is 11.5 Å². The molecule has 1 heterocycles. The largest absolute Gasteiger partial charge is 0.460 e. The third-order valence-corrected chi connectivity index (χ3v) is 3.27. The molecule has 0 bridgehead atoms. The molecular weight excluding hydrogens is 296 g/mol. The van der Waals surface area contributed by atoms with Gasteiger partial charge in [-0.25, -0.2) is 9.78 Å². The Hall–Kier alpha value is -1.62. The smallest absolute Gasteiger partial charge is 0.374 e. The molecule has 0 aliphatic heterocycles. The zero-order chi connectivity index (χ0) is 13.1. The van der Waals surface area contributed by atoms with Crippen LogP contribution in [-0.4, -0.2) is 22.1 Å². The zero-order valence-corrected chi connectivity index (χ0v) is 11.8. The van der Waals surface area contributed by atoms with Crippen molar-refractivity contribution < 1.29 is 9.53 Å². The van der Waals surface area contributed by atoms with Crippen molar-refractivity contribution in [1.29, 1.82) is 0 Å². The molecule has 0 unspecified atom stereocenters. The number of rotatable bonds is 3. The Kier molecular flexibility index (Phi) is 3.81. The first-order valence-electron chi connectivity index (χ1n) is 5.62. The lowest BCUT2D eigenvalue weighted by Gasteiger charge is -2.08. The Morgan fingerprint density at radius 1 is 1.39 bits per heavy atom. The van der Waals surface area contributed by atoms with Gasteiger partial charge >= 0.3 is 5.97 Å². The second-order valence-electron chi connectivity index (χ2n) is 3.70.